The zero-order valence-electron chi connectivity index (χ0n) is 26.3. The molecule has 5 heterocycles. The molecule has 5 aliphatic rings. The molecule has 0 aliphatic carbocycles. The number of amides is 3. The molecule has 12 heteroatoms. The van der Waals surface area contributed by atoms with Crippen molar-refractivity contribution in [3.8, 4) is 0 Å². The number of aliphatic hydroxyl groups excluding tert-OH is 1. The third-order valence-electron chi connectivity index (χ3n) is 9.93. The molecule has 3 amide bonds. The van der Waals surface area contributed by atoms with Crippen LogP contribution in [0.15, 0.2) is 54.6 Å². The molecule has 0 bridgehead atoms. The van der Waals surface area contributed by atoms with Crippen molar-refractivity contribution in [3.63, 3.8) is 0 Å². The Labute approximate surface area is 269 Å². The Bertz CT molecular complexity index is 1340. The quantitative estimate of drug-likeness (QED) is 0.329. The lowest BCUT2D eigenvalue weighted by Crippen LogP contribution is -2.58. The number of ether oxygens (including phenoxy) is 3. The van der Waals surface area contributed by atoms with Gasteiger partial charge in [0.15, 0.2) is 0 Å². The Morgan fingerprint density at radius 3 is 2.57 bits per heavy atom. The van der Waals surface area contributed by atoms with Gasteiger partial charge in [-0.25, -0.2) is 0 Å². The van der Waals surface area contributed by atoms with E-state index >= 15 is 0 Å². The van der Waals surface area contributed by atoms with Gasteiger partial charge in [0.1, 0.15) is 23.7 Å². The molecule has 5 aliphatic heterocycles. The largest absolute Gasteiger partial charge is 0.455 e. The van der Waals surface area contributed by atoms with Crippen molar-refractivity contribution < 1.29 is 38.5 Å². The highest BCUT2D eigenvalue weighted by Gasteiger charge is 2.72. The minimum Gasteiger partial charge on any atom is -0.455 e. The van der Waals surface area contributed by atoms with Crippen LogP contribution >= 0.6 is 0 Å². The second kappa shape index (κ2) is 14.0. The van der Waals surface area contributed by atoms with E-state index in [1.165, 1.54) is 4.90 Å². The van der Waals surface area contributed by atoms with Crippen LogP contribution in [0.5, 0.6) is 0 Å². The van der Waals surface area contributed by atoms with Crippen LogP contribution in [0, 0.1) is 11.8 Å². The fraction of sp³-hybridized carbons (Fsp3) is 0.588. The minimum absolute atomic E-state index is 0.0773. The normalized spacial score (nSPS) is 33.6. The second-order valence-electron chi connectivity index (χ2n) is 12.6. The van der Waals surface area contributed by atoms with Gasteiger partial charge in [-0.3, -0.25) is 24.1 Å². The number of esters is 1. The van der Waals surface area contributed by atoms with Crippen molar-refractivity contribution >= 4 is 23.7 Å². The number of aliphatic hydroxyl groups is 1. The molecular formula is C34H44N4O8. The Hall–Kier alpha value is -3.58. The molecule has 3 saturated heterocycles. The summed E-state index contributed by atoms with van der Waals surface area (Å²) in [6.07, 6.45) is 6.58. The molecule has 7 atom stereocenters. The number of nitrogens with zero attached hydrogens (tertiary/aromatic N) is 3. The van der Waals surface area contributed by atoms with Gasteiger partial charge in [-0.2, -0.15) is 0 Å². The first-order valence-electron chi connectivity index (χ1n) is 16.4. The minimum atomic E-state index is -1.44. The van der Waals surface area contributed by atoms with Gasteiger partial charge in [-0.15, -0.1) is 0 Å². The lowest BCUT2D eigenvalue weighted by atomic mass is 9.78. The SMILES string of the molecule is CC[C@@H](CO)N1C(=O)[C@@H]2[C@H]3C(=O)O[C@H](c4ccccc4)CNC(=O)CC/C=C\[C@H]3O[C@@]23C=CCN(CCN2CCOCC2)C(=O)[C@@H]13. The summed E-state index contributed by atoms with van der Waals surface area (Å²) in [5.41, 5.74) is -0.738. The Morgan fingerprint density at radius 1 is 1.04 bits per heavy atom. The van der Waals surface area contributed by atoms with Gasteiger partial charge in [0.2, 0.25) is 17.7 Å². The van der Waals surface area contributed by atoms with Crippen LogP contribution in [0.2, 0.25) is 0 Å². The molecule has 0 unspecified atom stereocenters. The summed E-state index contributed by atoms with van der Waals surface area (Å²) in [5, 5.41) is 13.3. The van der Waals surface area contributed by atoms with Crippen molar-refractivity contribution in [2.24, 2.45) is 11.8 Å². The number of hydrogen-bond acceptors (Lipinski definition) is 9. The van der Waals surface area contributed by atoms with Gasteiger partial charge in [-0.1, -0.05) is 61.6 Å². The summed E-state index contributed by atoms with van der Waals surface area (Å²) in [6.45, 7) is 5.90. The third kappa shape index (κ3) is 6.11. The van der Waals surface area contributed by atoms with E-state index in [-0.39, 0.29) is 31.4 Å². The number of benzene rings is 1. The lowest BCUT2D eigenvalue weighted by molar-refractivity contribution is -0.160. The highest BCUT2D eigenvalue weighted by Crippen LogP contribution is 2.54. The smallest absolute Gasteiger partial charge is 0.313 e. The van der Waals surface area contributed by atoms with Gasteiger partial charge >= 0.3 is 5.97 Å². The predicted molar refractivity (Wildman–Crippen MR) is 166 cm³/mol. The number of cyclic esters (lactones) is 1. The van der Waals surface area contributed by atoms with Crippen LogP contribution in [-0.2, 0) is 33.4 Å². The Balaban J connectivity index is 1.37. The number of morpholine rings is 1. The zero-order valence-corrected chi connectivity index (χ0v) is 26.3. The van der Waals surface area contributed by atoms with Crippen molar-refractivity contribution in [2.45, 2.75) is 56.1 Å². The van der Waals surface area contributed by atoms with Crippen molar-refractivity contribution in [2.75, 3.05) is 59.1 Å². The average molecular weight is 637 g/mol. The molecule has 1 aromatic rings. The standard InChI is InChI=1S/C34H44N4O8/c1-2-24(22-39)38-30-32(42)37(16-15-36-17-19-44-20-18-36)14-8-13-34(30)29(31(38)41)28-25(46-34)11-6-7-12-27(40)35-21-26(45-33(28)43)23-9-4-3-5-10-23/h3-6,8-11,13,24-26,28-30,39H,2,7,12,14-22H2,1H3,(H,35,40)/b11-6-/t24-,25+,26-,28-,29-,30+,34-/m0/s1. The zero-order chi connectivity index (χ0) is 32.3. The molecule has 12 nitrogen and oxygen atoms in total. The molecule has 3 fully saturated rings. The van der Waals surface area contributed by atoms with Gasteiger partial charge in [0, 0.05) is 39.1 Å². The average Bonchev–Trinajstić information content (AvgIpc) is 3.46. The maximum Gasteiger partial charge on any atom is 0.313 e. The summed E-state index contributed by atoms with van der Waals surface area (Å²) in [6, 6.07) is 7.46. The Kier molecular flexibility index (Phi) is 9.88. The molecule has 46 heavy (non-hydrogen) atoms. The van der Waals surface area contributed by atoms with Crippen LogP contribution in [0.4, 0.5) is 0 Å². The van der Waals surface area contributed by atoms with E-state index in [2.05, 4.69) is 10.2 Å². The lowest BCUT2D eigenvalue weighted by Gasteiger charge is -2.38. The molecule has 2 N–H and O–H groups in total. The van der Waals surface area contributed by atoms with Crippen molar-refractivity contribution in [1.29, 1.82) is 0 Å². The number of fused-ring (bicyclic) bond motifs is 2. The number of likely N-dealkylation sites (tertiary alicyclic amines) is 1. The van der Waals surface area contributed by atoms with Crippen molar-refractivity contribution in [3.05, 3.63) is 60.2 Å². The van der Waals surface area contributed by atoms with E-state index in [9.17, 15) is 24.3 Å². The topological polar surface area (TPSA) is 138 Å². The monoisotopic (exact) mass is 636 g/mol. The molecule has 6 rings (SSSR count). The first kappa shape index (κ1) is 32.4. The van der Waals surface area contributed by atoms with Crippen LogP contribution in [0.3, 0.4) is 0 Å². The van der Waals surface area contributed by atoms with E-state index < -0.39 is 53.6 Å². The van der Waals surface area contributed by atoms with Crippen LogP contribution in [-0.4, -0.2) is 126 Å². The highest BCUT2D eigenvalue weighted by molar-refractivity contribution is 5.99. The molecule has 1 spiro atoms. The molecule has 0 radical (unpaired) electrons. The molecular weight excluding hydrogens is 592 g/mol. The number of nitrogens with one attached hydrogen (secondary N) is 1. The van der Waals surface area contributed by atoms with Gasteiger partial charge < -0.3 is 34.4 Å². The molecule has 248 valence electrons. The summed E-state index contributed by atoms with van der Waals surface area (Å²) >= 11 is 0. The number of rotatable bonds is 7. The van der Waals surface area contributed by atoms with E-state index in [0.29, 0.717) is 51.3 Å². The fourth-order valence-electron chi connectivity index (χ4n) is 7.49. The van der Waals surface area contributed by atoms with Crippen molar-refractivity contribution in [1.82, 2.24) is 20.0 Å². The second-order valence-corrected chi connectivity index (χ2v) is 12.6. The predicted octanol–water partition coefficient (Wildman–Crippen LogP) is 0.819. The maximum atomic E-state index is 14.6. The van der Waals surface area contributed by atoms with E-state index in [0.717, 1.165) is 13.1 Å². The summed E-state index contributed by atoms with van der Waals surface area (Å²) in [5.74, 6) is -3.59. The van der Waals surface area contributed by atoms with Crippen LogP contribution in [0.1, 0.15) is 37.9 Å². The molecule has 1 aromatic carbocycles. The fourth-order valence-corrected chi connectivity index (χ4v) is 7.49. The van der Waals surface area contributed by atoms with Crippen LogP contribution in [0.25, 0.3) is 0 Å². The summed E-state index contributed by atoms with van der Waals surface area (Å²) in [7, 11) is 0. The number of allylic oxidation sites excluding steroid dienone is 1. The summed E-state index contributed by atoms with van der Waals surface area (Å²) in [4.78, 5) is 61.4. The number of carbonyl (C=O) groups excluding carboxylic acids is 4. The molecule has 0 saturated carbocycles. The summed E-state index contributed by atoms with van der Waals surface area (Å²) < 4.78 is 18.3. The maximum absolute atomic E-state index is 14.6. The Morgan fingerprint density at radius 2 is 1.83 bits per heavy atom. The first-order valence-corrected chi connectivity index (χ1v) is 16.4. The van der Waals surface area contributed by atoms with Gasteiger partial charge in [0.25, 0.3) is 0 Å². The van der Waals surface area contributed by atoms with E-state index in [4.69, 9.17) is 14.2 Å². The van der Waals surface area contributed by atoms with Gasteiger partial charge in [0.05, 0.1) is 44.4 Å². The van der Waals surface area contributed by atoms with E-state index in [1.54, 1.807) is 23.1 Å². The number of carbonyl (C=O) groups is 4. The first-order chi connectivity index (χ1) is 22.4. The van der Waals surface area contributed by atoms with Crippen LogP contribution < -0.4 is 5.32 Å². The highest BCUT2D eigenvalue weighted by atomic mass is 16.6. The third-order valence-corrected chi connectivity index (χ3v) is 9.93. The van der Waals surface area contributed by atoms with Gasteiger partial charge in [-0.05, 0) is 18.4 Å². The van der Waals surface area contributed by atoms with E-state index in [1.807, 2.05) is 43.3 Å². The molecule has 0 aromatic heterocycles. The number of hydrogen-bond donors (Lipinski definition) is 2.